The number of nitrogens with zero attached hydrogens (tertiary/aromatic N) is 1. The first-order valence-corrected chi connectivity index (χ1v) is 23.2. The molecule has 3 aromatic carbocycles. The van der Waals surface area contributed by atoms with Gasteiger partial charge in [0.15, 0.2) is 0 Å². The molecule has 7 rings (SSSR count). The number of ether oxygens (including phenoxy) is 5. The molecule has 2 fully saturated rings. The highest BCUT2D eigenvalue weighted by Crippen LogP contribution is 2.52. The molecule has 12 nitrogen and oxygen atoms in total. The van der Waals surface area contributed by atoms with Gasteiger partial charge in [-0.15, -0.1) is 0 Å². The molecule has 13 heteroatoms. The van der Waals surface area contributed by atoms with Gasteiger partial charge in [-0.25, -0.2) is 0 Å². The van der Waals surface area contributed by atoms with E-state index in [9.17, 15) is 14.4 Å². The molecule has 64 heavy (non-hydrogen) atoms. The maximum Gasteiger partial charge on any atom is 0.494 e. The first kappa shape index (κ1) is 47.6. The number of amides is 3. The normalized spacial score (nSPS) is 22.0. The Bertz CT molecular complexity index is 2080. The van der Waals surface area contributed by atoms with E-state index in [1.807, 2.05) is 12.1 Å². The smallest absolute Gasteiger partial charge is 0.494 e. The van der Waals surface area contributed by atoms with E-state index in [0.717, 1.165) is 73.7 Å². The summed E-state index contributed by atoms with van der Waals surface area (Å²) in [7, 11) is 2.89. The standard InChI is InChI=1S/C51H67BN2O10/c1-49(2)50(3,4)64-52(63-49)40-17-21-43-42-20-16-39(32-44(42)51(45(43)33-40,35-61-31-29-59-6)24-9-26-60-30-28-58-5)37-14-18-41(19-15-37)62-27-8-7-25-53-48(57)38-12-10-36(11-13-38)34-54-46(55)22-23-47(54)56/h14-23,32-33,36,38H,7-13,24-31,34-35H2,1-6H3,(H,53,57). The Hall–Kier alpha value is -4.37. The number of rotatable bonds is 23. The highest BCUT2D eigenvalue weighted by Gasteiger charge is 2.52. The molecular weight excluding hydrogens is 811 g/mol. The van der Waals surface area contributed by atoms with Crippen LogP contribution in [0.15, 0.2) is 72.8 Å². The largest absolute Gasteiger partial charge is 0.494 e. The van der Waals surface area contributed by atoms with Gasteiger partial charge in [-0.3, -0.25) is 19.3 Å². The number of benzene rings is 3. The molecule has 1 unspecified atom stereocenters. The third-order valence-corrected chi connectivity index (χ3v) is 13.9. The van der Waals surface area contributed by atoms with Gasteiger partial charge >= 0.3 is 7.12 Å². The molecule has 1 atom stereocenters. The Morgan fingerprint density at radius 2 is 1.34 bits per heavy atom. The van der Waals surface area contributed by atoms with Crippen LogP contribution in [0.1, 0.15) is 90.2 Å². The van der Waals surface area contributed by atoms with Crippen LogP contribution in [0.25, 0.3) is 22.3 Å². The molecular formula is C51H67BN2O10. The van der Waals surface area contributed by atoms with E-state index in [0.29, 0.717) is 59.3 Å². The predicted octanol–water partition coefficient (Wildman–Crippen LogP) is 7.03. The zero-order chi connectivity index (χ0) is 45.3. The van der Waals surface area contributed by atoms with Crippen LogP contribution >= 0.6 is 0 Å². The molecule has 1 N–H and O–H groups in total. The Morgan fingerprint density at radius 1 is 0.719 bits per heavy atom. The van der Waals surface area contributed by atoms with Gasteiger partial charge in [0.1, 0.15) is 5.75 Å². The van der Waals surface area contributed by atoms with Gasteiger partial charge in [0.25, 0.3) is 11.8 Å². The highest BCUT2D eigenvalue weighted by atomic mass is 16.7. The zero-order valence-electron chi connectivity index (χ0n) is 38.7. The van der Waals surface area contributed by atoms with Crippen molar-refractivity contribution in [1.29, 1.82) is 0 Å². The summed E-state index contributed by atoms with van der Waals surface area (Å²) in [4.78, 5) is 38.0. The first-order chi connectivity index (χ1) is 30.9. The van der Waals surface area contributed by atoms with Crippen molar-refractivity contribution in [2.75, 3.05) is 73.6 Å². The van der Waals surface area contributed by atoms with Crippen LogP contribution in [0.4, 0.5) is 0 Å². The quantitative estimate of drug-likeness (QED) is 0.0602. The average molecular weight is 879 g/mol. The zero-order valence-corrected chi connectivity index (χ0v) is 38.7. The number of carbonyl (C=O) groups excluding carboxylic acids is 3. The topological polar surface area (TPSA) is 131 Å². The first-order valence-electron chi connectivity index (χ1n) is 23.2. The minimum atomic E-state index is -0.490. The molecule has 4 aliphatic rings. The van der Waals surface area contributed by atoms with Crippen molar-refractivity contribution < 1.29 is 47.4 Å². The van der Waals surface area contributed by atoms with Crippen molar-refractivity contribution in [2.24, 2.45) is 11.8 Å². The van der Waals surface area contributed by atoms with Crippen LogP contribution in [-0.2, 0) is 48.1 Å². The van der Waals surface area contributed by atoms with Crippen LogP contribution in [-0.4, -0.2) is 114 Å². The summed E-state index contributed by atoms with van der Waals surface area (Å²) in [5, 5.41) is 3.11. The third kappa shape index (κ3) is 10.8. The molecule has 2 aliphatic carbocycles. The fourth-order valence-electron chi connectivity index (χ4n) is 9.42. The molecule has 3 aromatic rings. The summed E-state index contributed by atoms with van der Waals surface area (Å²) in [6, 6.07) is 21.7. The number of nitrogens with one attached hydrogen (secondary N) is 1. The molecule has 2 heterocycles. The second kappa shape index (κ2) is 21.3. The molecule has 1 saturated carbocycles. The van der Waals surface area contributed by atoms with E-state index in [2.05, 4.69) is 81.5 Å². The minimum absolute atomic E-state index is 0.0214. The van der Waals surface area contributed by atoms with E-state index in [-0.39, 0.29) is 29.6 Å². The Kier molecular flexibility index (Phi) is 15.8. The maximum atomic E-state index is 12.9. The molecule has 0 radical (unpaired) electrons. The molecule has 344 valence electrons. The Morgan fingerprint density at radius 3 is 2.02 bits per heavy atom. The molecule has 0 aromatic heterocycles. The average Bonchev–Trinajstić information content (AvgIpc) is 3.84. The van der Waals surface area contributed by atoms with Crippen molar-refractivity contribution in [3.63, 3.8) is 0 Å². The second-order valence-electron chi connectivity index (χ2n) is 18.7. The lowest BCUT2D eigenvalue weighted by atomic mass is 9.71. The van der Waals surface area contributed by atoms with Crippen LogP contribution < -0.4 is 15.5 Å². The van der Waals surface area contributed by atoms with Gasteiger partial charge in [0.05, 0.1) is 50.8 Å². The molecule has 0 spiro atoms. The predicted molar refractivity (Wildman–Crippen MR) is 247 cm³/mol. The van der Waals surface area contributed by atoms with Gasteiger partial charge < -0.3 is 38.3 Å². The van der Waals surface area contributed by atoms with Crippen molar-refractivity contribution in [3.8, 4) is 28.0 Å². The molecule has 1 saturated heterocycles. The summed E-state index contributed by atoms with van der Waals surface area (Å²) in [5.41, 5.74) is 6.63. The lowest BCUT2D eigenvalue weighted by molar-refractivity contribution is -0.138. The van der Waals surface area contributed by atoms with Crippen LogP contribution in [0.2, 0.25) is 0 Å². The summed E-state index contributed by atoms with van der Waals surface area (Å²) in [6.07, 6.45) is 9.15. The van der Waals surface area contributed by atoms with Crippen LogP contribution in [0, 0.1) is 11.8 Å². The summed E-state index contributed by atoms with van der Waals surface area (Å²) < 4.78 is 42.3. The fraction of sp³-hybridized carbons (Fsp3) is 0.549. The van der Waals surface area contributed by atoms with Crippen molar-refractivity contribution in [3.05, 3.63) is 83.9 Å². The van der Waals surface area contributed by atoms with E-state index < -0.39 is 23.7 Å². The lowest BCUT2D eigenvalue weighted by Crippen LogP contribution is -2.41. The number of hydrogen-bond donors (Lipinski definition) is 1. The van der Waals surface area contributed by atoms with Crippen molar-refractivity contribution in [1.82, 2.24) is 10.2 Å². The number of fused-ring (bicyclic) bond motifs is 3. The minimum Gasteiger partial charge on any atom is -0.494 e. The number of carbonyl (C=O) groups is 3. The van der Waals surface area contributed by atoms with Crippen molar-refractivity contribution in [2.45, 2.75) is 95.7 Å². The van der Waals surface area contributed by atoms with Gasteiger partial charge in [-0.1, -0.05) is 42.5 Å². The van der Waals surface area contributed by atoms with E-state index in [4.69, 9.17) is 33.0 Å². The van der Waals surface area contributed by atoms with Crippen molar-refractivity contribution >= 4 is 30.3 Å². The van der Waals surface area contributed by atoms with Crippen LogP contribution in [0.3, 0.4) is 0 Å². The van der Waals surface area contributed by atoms with Gasteiger partial charge in [0.2, 0.25) is 5.91 Å². The monoisotopic (exact) mass is 878 g/mol. The second-order valence-corrected chi connectivity index (χ2v) is 18.7. The van der Waals surface area contributed by atoms with Gasteiger partial charge in [-0.2, -0.15) is 0 Å². The van der Waals surface area contributed by atoms with E-state index in [1.165, 1.54) is 39.3 Å². The third-order valence-electron chi connectivity index (χ3n) is 13.9. The molecule has 0 bridgehead atoms. The summed E-state index contributed by atoms with van der Waals surface area (Å²) in [6.45, 7) is 13.1. The lowest BCUT2D eigenvalue weighted by Gasteiger charge is -2.33. The van der Waals surface area contributed by atoms with Gasteiger partial charge in [-0.05, 0) is 142 Å². The SMILES string of the molecule is COCCOCCCC1(COCCOC)c2cc(B3OC(C)(C)C(C)(C)O3)ccc2-c2ccc(-c3ccc(OCCCCNC(=O)C4CCC(CN5C(=O)C=CC5=O)CC4)cc3)cc21. The number of hydrogen-bond acceptors (Lipinski definition) is 10. The Labute approximate surface area is 379 Å². The molecule has 2 aliphatic heterocycles. The summed E-state index contributed by atoms with van der Waals surface area (Å²) in [5.74, 6) is 0.648. The molecule has 3 amide bonds. The number of imide groups is 1. The van der Waals surface area contributed by atoms with Crippen LogP contribution in [0.5, 0.6) is 5.75 Å². The Balaban J connectivity index is 0.978. The van der Waals surface area contributed by atoms with E-state index in [1.54, 1.807) is 14.2 Å². The highest BCUT2D eigenvalue weighted by molar-refractivity contribution is 6.62. The number of unbranched alkanes of at least 4 members (excludes halogenated alkanes) is 1. The van der Waals surface area contributed by atoms with E-state index >= 15 is 0 Å². The fourth-order valence-corrected chi connectivity index (χ4v) is 9.42. The van der Waals surface area contributed by atoms with Gasteiger partial charge in [0, 0.05) is 57.4 Å². The number of methoxy groups -OCH3 is 2. The summed E-state index contributed by atoms with van der Waals surface area (Å²) >= 11 is 0. The maximum absolute atomic E-state index is 12.9.